The molecule has 1 saturated heterocycles. The fraction of sp³-hybridized carbons (Fsp3) is 0.381. The molecule has 0 radical (unpaired) electrons. The van der Waals surface area contributed by atoms with E-state index in [1.165, 1.54) is 12.1 Å². The fourth-order valence-corrected chi connectivity index (χ4v) is 4.13. The number of ether oxygens (including phenoxy) is 1. The number of halogens is 1. The molecule has 1 unspecified atom stereocenters. The molecular weight excluding hydrogens is 373 g/mol. The van der Waals surface area contributed by atoms with Crippen molar-refractivity contribution >= 4 is 11.6 Å². The lowest BCUT2D eigenvalue weighted by atomic mass is 10.2. The van der Waals surface area contributed by atoms with Crippen molar-refractivity contribution in [1.29, 1.82) is 0 Å². The summed E-state index contributed by atoms with van der Waals surface area (Å²) in [5.41, 5.74) is 3.81. The molecule has 0 spiro atoms. The van der Waals surface area contributed by atoms with Crippen molar-refractivity contribution in [2.75, 3.05) is 11.9 Å². The Kier molecular flexibility index (Phi) is 4.63. The normalized spacial score (nSPS) is 18.2. The summed E-state index contributed by atoms with van der Waals surface area (Å²) < 4.78 is 22.5. The van der Waals surface area contributed by atoms with Gasteiger partial charge in [-0.1, -0.05) is 0 Å². The van der Waals surface area contributed by atoms with E-state index in [4.69, 9.17) is 4.74 Å². The first-order valence-electron chi connectivity index (χ1n) is 9.99. The Morgan fingerprint density at radius 3 is 2.90 bits per heavy atom. The molecule has 150 valence electrons. The number of carbonyl (C=O) groups is 1. The summed E-state index contributed by atoms with van der Waals surface area (Å²) in [4.78, 5) is 12.9. The van der Waals surface area contributed by atoms with E-state index in [1.807, 2.05) is 6.20 Å². The number of fused-ring (bicyclic) bond motifs is 1. The molecule has 29 heavy (non-hydrogen) atoms. The molecule has 0 bridgehead atoms. The van der Waals surface area contributed by atoms with Crippen LogP contribution in [0.2, 0.25) is 0 Å². The molecule has 1 atom stereocenters. The van der Waals surface area contributed by atoms with Gasteiger partial charge in [0.05, 0.1) is 30.2 Å². The number of nitrogens with one attached hydrogen (secondary N) is 1. The first-order chi connectivity index (χ1) is 14.2. The lowest BCUT2D eigenvalue weighted by molar-refractivity contribution is 0.0940. The van der Waals surface area contributed by atoms with Crippen molar-refractivity contribution in [3.05, 3.63) is 59.4 Å². The summed E-state index contributed by atoms with van der Waals surface area (Å²) in [6.45, 7) is 1.49. The van der Waals surface area contributed by atoms with Crippen LogP contribution in [-0.4, -0.2) is 38.2 Å². The van der Waals surface area contributed by atoms with Gasteiger partial charge in [0.2, 0.25) is 0 Å². The highest BCUT2D eigenvalue weighted by atomic mass is 19.1. The van der Waals surface area contributed by atoms with Gasteiger partial charge in [0.1, 0.15) is 5.82 Å². The highest BCUT2D eigenvalue weighted by Gasteiger charge is 2.27. The zero-order valence-electron chi connectivity index (χ0n) is 16.0. The van der Waals surface area contributed by atoms with Gasteiger partial charge in [-0.05, 0) is 56.4 Å². The molecule has 1 fully saturated rings. The molecule has 8 heteroatoms. The Balaban J connectivity index is 1.36. The second kappa shape index (κ2) is 7.44. The maximum atomic E-state index is 13.3. The van der Waals surface area contributed by atoms with Crippen molar-refractivity contribution in [3.8, 4) is 5.69 Å². The van der Waals surface area contributed by atoms with Gasteiger partial charge >= 0.3 is 0 Å². The molecule has 1 aliphatic carbocycles. The molecule has 1 N–H and O–H groups in total. The number of carbonyl (C=O) groups excluding carboxylic acids is 1. The van der Waals surface area contributed by atoms with E-state index in [2.05, 4.69) is 15.5 Å². The van der Waals surface area contributed by atoms with Gasteiger partial charge in [-0.15, -0.1) is 0 Å². The lowest BCUT2D eigenvalue weighted by Crippen LogP contribution is -2.16. The van der Waals surface area contributed by atoms with E-state index in [0.717, 1.165) is 55.7 Å². The van der Waals surface area contributed by atoms with Gasteiger partial charge in [-0.3, -0.25) is 9.48 Å². The van der Waals surface area contributed by atoms with E-state index in [1.54, 1.807) is 27.7 Å². The molecule has 1 aliphatic heterocycles. The fourth-order valence-electron chi connectivity index (χ4n) is 4.13. The molecule has 7 nitrogen and oxygen atoms in total. The molecular formula is C21H22FN5O2. The molecule has 2 aliphatic rings. The Labute approximate surface area is 167 Å². The van der Waals surface area contributed by atoms with Crippen LogP contribution < -0.4 is 5.32 Å². The monoisotopic (exact) mass is 395 g/mol. The van der Waals surface area contributed by atoms with Crippen molar-refractivity contribution in [2.45, 2.75) is 44.8 Å². The van der Waals surface area contributed by atoms with E-state index in [9.17, 15) is 9.18 Å². The predicted octanol–water partition coefficient (Wildman–Crippen LogP) is 3.13. The van der Waals surface area contributed by atoms with Gasteiger partial charge in [0, 0.05) is 24.1 Å². The van der Waals surface area contributed by atoms with Crippen LogP contribution in [0.5, 0.6) is 0 Å². The van der Waals surface area contributed by atoms with E-state index >= 15 is 0 Å². The number of amides is 1. The molecule has 3 aromatic rings. The van der Waals surface area contributed by atoms with Crippen molar-refractivity contribution in [1.82, 2.24) is 19.6 Å². The topological polar surface area (TPSA) is 74.0 Å². The summed E-state index contributed by atoms with van der Waals surface area (Å²) in [5.74, 6) is -0.545. The number of hydrogen-bond acceptors (Lipinski definition) is 4. The predicted molar refractivity (Wildman–Crippen MR) is 105 cm³/mol. The minimum Gasteiger partial charge on any atom is -0.376 e. The van der Waals surface area contributed by atoms with Crippen molar-refractivity contribution in [3.63, 3.8) is 0 Å². The summed E-state index contributed by atoms with van der Waals surface area (Å²) in [6.07, 6.45) is 8.41. The molecule has 2 aromatic heterocycles. The minimum atomic E-state index is -0.296. The highest BCUT2D eigenvalue weighted by molar-refractivity contribution is 6.04. The number of anilines is 1. The van der Waals surface area contributed by atoms with Gasteiger partial charge < -0.3 is 10.1 Å². The van der Waals surface area contributed by atoms with Crippen LogP contribution >= 0.6 is 0 Å². The number of hydrogen-bond donors (Lipinski definition) is 1. The third-order valence-electron chi connectivity index (χ3n) is 5.52. The van der Waals surface area contributed by atoms with Crippen LogP contribution in [0.15, 0.2) is 36.7 Å². The lowest BCUT2D eigenvalue weighted by Gasteiger charge is -2.08. The standard InChI is InChI=1S/C21H22FN5O2/c22-14-6-8-16(9-7-14)27-19-5-1-4-18(19)20(25-27)21(28)24-15-11-23-26(12-15)13-17-3-2-10-29-17/h6-9,11-12,17H,1-5,10,13H2,(H,24,28). The molecule has 3 heterocycles. The van der Waals surface area contributed by atoms with Gasteiger partial charge in [-0.2, -0.15) is 10.2 Å². The van der Waals surface area contributed by atoms with Gasteiger partial charge in [0.15, 0.2) is 5.69 Å². The van der Waals surface area contributed by atoms with Gasteiger partial charge in [-0.25, -0.2) is 9.07 Å². The number of benzene rings is 1. The maximum absolute atomic E-state index is 13.3. The zero-order chi connectivity index (χ0) is 19.8. The van der Waals surface area contributed by atoms with Crippen LogP contribution in [0.1, 0.15) is 41.0 Å². The van der Waals surface area contributed by atoms with Crippen LogP contribution in [0, 0.1) is 5.82 Å². The SMILES string of the molecule is O=C(Nc1cnn(CC2CCCO2)c1)c1nn(-c2ccc(F)cc2)c2c1CCC2. The Morgan fingerprint density at radius 2 is 2.10 bits per heavy atom. The Hall–Kier alpha value is -3.00. The molecule has 0 saturated carbocycles. The van der Waals surface area contributed by atoms with Crippen LogP contribution in [0.25, 0.3) is 5.69 Å². The summed E-state index contributed by atoms with van der Waals surface area (Å²) >= 11 is 0. The highest BCUT2D eigenvalue weighted by Crippen LogP contribution is 2.28. The zero-order valence-corrected chi connectivity index (χ0v) is 16.0. The summed E-state index contributed by atoms with van der Waals surface area (Å²) in [6, 6.07) is 6.16. The molecule has 1 aromatic carbocycles. The smallest absolute Gasteiger partial charge is 0.276 e. The maximum Gasteiger partial charge on any atom is 0.276 e. The van der Waals surface area contributed by atoms with Gasteiger partial charge in [0.25, 0.3) is 5.91 Å². The second-order valence-electron chi connectivity index (χ2n) is 7.56. The third-order valence-corrected chi connectivity index (χ3v) is 5.52. The van der Waals surface area contributed by atoms with E-state index in [-0.39, 0.29) is 17.8 Å². The van der Waals surface area contributed by atoms with Crippen molar-refractivity contribution < 1.29 is 13.9 Å². The van der Waals surface area contributed by atoms with E-state index in [0.29, 0.717) is 17.9 Å². The number of aromatic nitrogens is 4. The quantitative estimate of drug-likeness (QED) is 0.720. The molecule has 5 rings (SSSR count). The average Bonchev–Trinajstić information content (AvgIpc) is 3.48. The number of rotatable bonds is 5. The van der Waals surface area contributed by atoms with E-state index < -0.39 is 0 Å². The second-order valence-corrected chi connectivity index (χ2v) is 7.56. The van der Waals surface area contributed by atoms with Crippen LogP contribution in [-0.2, 0) is 24.1 Å². The Bertz CT molecular complexity index is 1030. The van der Waals surface area contributed by atoms with Crippen LogP contribution in [0.3, 0.4) is 0 Å². The first-order valence-corrected chi connectivity index (χ1v) is 9.99. The Morgan fingerprint density at radius 1 is 1.24 bits per heavy atom. The summed E-state index contributed by atoms with van der Waals surface area (Å²) in [7, 11) is 0. The van der Waals surface area contributed by atoms with Crippen LogP contribution in [0.4, 0.5) is 10.1 Å². The van der Waals surface area contributed by atoms with Crippen molar-refractivity contribution in [2.24, 2.45) is 0 Å². The molecule has 1 amide bonds. The largest absolute Gasteiger partial charge is 0.376 e. The average molecular weight is 395 g/mol. The first kappa shape index (κ1) is 18.1. The summed E-state index contributed by atoms with van der Waals surface area (Å²) in [5, 5.41) is 11.8. The number of nitrogens with zero attached hydrogens (tertiary/aromatic N) is 4. The third kappa shape index (κ3) is 3.55. The minimum absolute atomic E-state index is 0.188.